The first kappa shape index (κ1) is 13.0. The molecule has 0 radical (unpaired) electrons. The molecule has 0 atom stereocenters. The van der Waals surface area contributed by atoms with Crippen molar-refractivity contribution in [3.63, 3.8) is 0 Å². The van der Waals surface area contributed by atoms with Gasteiger partial charge in [0.15, 0.2) is 0 Å². The van der Waals surface area contributed by atoms with E-state index in [1.807, 2.05) is 0 Å². The molecule has 0 aliphatic heterocycles. The van der Waals surface area contributed by atoms with Crippen molar-refractivity contribution in [2.45, 2.75) is 13.1 Å². The largest absolute Gasteiger partial charge is 0.383 e. The van der Waals surface area contributed by atoms with Gasteiger partial charge < -0.3 is 15.8 Å². The Balaban J connectivity index is 1.86. The predicted octanol–water partition coefficient (Wildman–Crippen LogP) is -0.658. The maximum absolute atomic E-state index is 11.7. The summed E-state index contributed by atoms with van der Waals surface area (Å²) in [7, 11) is 1.62. The standard InChI is InChI=1S/C10H15N7O2/c1-19-3-2-16-5-8(4-13-16)14-9(18)6-17-7-12-10(11)15-17/h4-5,7H,2-3,6H2,1H3,(H2,11,15)(H,14,18). The van der Waals surface area contributed by atoms with E-state index >= 15 is 0 Å². The molecule has 1 amide bonds. The monoisotopic (exact) mass is 265 g/mol. The van der Waals surface area contributed by atoms with Crippen molar-refractivity contribution in [1.82, 2.24) is 24.5 Å². The van der Waals surface area contributed by atoms with Crippen LogP contribution in [0.1, 0.15) is 0 Å². The summed E-state index contributed by atoms with van der Waals surface area (Å²) in [4.78, 5) is 15.4. The third-order valence-corrected chi connectivity index (χ3v) is 2.30. The number of anilines is 2. The summed E-state index contributed by atoms with van der Waals surface area (Å²) in [6, 6.07) is 0. The van der Waals surface area contributed by atoms with Crippen LogP contribution in [0.4, 0.5) is 11.6 Å². The minimum absolute atomic E-state index is 0.0491. The number of carbonyl (C=O) groups excluding carboxylic acids is 1. The van der Waals surface area contributed by atoms with Crippen LogP contribution in [-0.4, -0.2) is 44.2 Å². The van der Waals surface area contributed by atoms with E-state index in [-0.39, 0.29) is 18.4 Å². The van der Waals surface area contributed by atoms with Crippen LogP contribution in [0.25, 0.3) is 0 Å². The Kier molecular flexibility index (Phi) is 4.08. The number of aromatic nitrogens is 5. The number of rotatable bonds is 6. The molecule has 0 unspecified atom stereocenters. The van der Waals surface area contributed by atoms with E-state index in [2.05, 4.69) is 20.5 Å². The third-order valence-electron chi connectivity index (χ3n) is 2.30. The number of nitrogens with two attached hydrogens (primary N) is 1. The minimum Gasteiger partial charge on any atom is -0.383 e. The van der Waals surface area contributed by atoms with Crippen LogP contribution < -0.4 is 11.1 Å². The molecular weight excluding hydrogens is 250 g/mol. The Hall–Kier alpha value is -2.42. The predicted molar refractivity (Wildman–Crippen MR) is 67.2 cm³/mol. The Morgan fingerprint density at radius 2 is 2.37 bits per heavy atom. The summed E-state index contributed by atoms with van der Waals surface area (Å²) in [5.74, 6) is -0.0867. The Bertz CT molecular complexity index is 548. The molecule has 2 heterocycles. The number of ether oxygens (including phenoxy) is 1. The maximum atomic E-state index is 11.7. The first-order valence-corrected chi connectivity index (χ1v) is 5.63. The number of nitrogens with one attached hydrogen (secondary N) is 1. The summed E-state index contributed by atoms with van der Waals surface area (Å²) >= 11 is 0. The van der Waals surface area contributed by atoms with E-state index < -0.39 is 0 Å². The molecule has 0 aliphatic carbocycles. The maximum Gasteiger partial charge on any atom is 0.246 e. The lowest BCUT2D eigenvalue weighted by Gasteiger charge is -2.02. The van der Waals surface area contributed by atoms with Crippen molar-refractivity contribution < 1.29 is 9.53 Å². The topological polar surface area (TPSA) is 113 Å². The zero-order valence-electron chi connectivity index (χ0n) is 10.5. The van der Waals surface area contributed by atoms with E-state index in [4.69, 9.17) is 10.5 Å². The Morgan fingerprint density at radius 3 is 3.05 bits per heavy atom. The number of carbonyl (C=O) groups is 1. The highest BCUT2D eigenvalue weighted by atomic mass is 16.5. The van der Waals surface area contributed by atoms with Gasteiger partial charge in [0.2, 0.25) is 11.9 Å². The SMILES string of the molecule is COCCn1cc(NC(=O)Cn2cnc(N)n2)cn1. The van der Waals surface area contributed by atoms with Crippen molar-refractivity contribution in [2.24, 2.45) is 0 Å². The van der Waals surface area contributed by atoms with Crippen LogP contribution >= 0.6 is 0 Å². The van der Waals surface area contributed by atoms with Gasteiger partial charge in [-0.1, -0.05) is 0 Å². The van der Waals surface area contributed by atoms with Crippen LogP contribution in [0.2, 0.25) is 0 Å². The van der Waals surface area contributed by atoms with Crippen LogP contribution in [0.3, 0.4) is 0 Å². The van der Waals surface area contributed by atoms with Gasteiger partial charge in [-0.25, -0.2) is 9.67 Å². The van der Waals surface area contributed by atoms with Gasteiger partial charge in [0, 0.05) is 13.3 Å². The smallest absolute Gasteiger partial charge is 0.246 e. The summed E-state index contributed by atoms with van der Waals surface area (Å²) < 4.78 is 7.99. The Labute approximate surface area is 109 Å². The van der Waals surface area contributed by atoms with E-state index in [9.17, 15) is 4.79 Å². The quantitative estimate of drug-likeness (QED) is 0.717. The number of amides is 1. The highest BCUT2D eigenvalue weighted by Crippen LogP contribution is 2.05. The highest BCUT2D eigenvalue weighted by Gasteiger charge is 2.06. The van der Waals surface area contributed by atoms with Crippen molar-refractivity contribution in [2.75, 3.05) is 24.8 Å². The van der Waals surface area contributed by atoms with Gasteiger partial charge >= 0.3 is 0 Å². The molecule has 0 saturated heterocycles. The molecule has 0 spiro atoms. The summed E-state index contributed by atoms with van der Waals surface area (Å²) in [5, 5.41) is 10.6. The fraction of sp³-hybridized carbons (Fsp3) is 0.400. The second-order valence-electron chi connectivity index (χ2n) is 3.83. The van der Waals surface area contributed by atoms with Crippen molar-refractivity contribution >= 4 is 17.5 Å². The highest BCUT2D eigenvalue weighted by molar-refractivity contribution is 5.90. The van der Waals surface area contributed by atoms with Gasteiger partial charge in [-0.05, 0) is 0 Å². The molecule has 2 aromatic heterocycles. The van der Waals surface area contributed by atoms with Crippen molar-refractivity contribution in [1.29, 1.82) is 0 Å². The zero-order chi connectivity index (χ0) is 13.7. The second kappa shape index (κ2) is 5.96. The number of hydrogen-bond acceptors (Lipinski definition) is 6. The fourth-order valence-electron chi connectivity index (χ4n) is 1.47. The van der Waals surface area contributed by atoms with E-state index in [0.717, 1.165) is 0 Å². The lowest BCUT2D eigenvalue weighted by atomic mass is 10.5. The van der Waals surface area contributed by atoms with Crippen LogP contribution in [-0.2, 0) is 22.6 Å². The number of methoxy groups -OCH3 is 1. The van der Waals surface area contributed by atoms with E-state index in [1.54, 1.807) is 24.2 Å². The van der Waals surface area contributed by atoms with Gasteiger partial charge in [0.25, 0.3) is 0 Å². The molecule has 0 aliphatic rings. The van der Waals surface area contributed by atoms with E-state index in [1.165, 1.54) is 11.0 Å². The van der Waals surface area contributed by atoms with Crippen molar-refractivity contribution in [3.8, 4) is 0 Å². The molecule has 9 heteroatoms. The average molecular weight is 265 g/mol. The average Bonchev–Trinajstić information content (AvgIpc) is 2.96. The molecule has 0 fully saturated rings. The summed E-state index contributed by atoms with van der Waals surface area (Å²) in [5.41, 5.74) is 5.98. The van der Waals surface area contributed by atoms with Gasteiger partial charge in [0.1, 0.15) is 12.9 Å². The number of hydrogen-bond donors (Lipinski definition) is 2. The Morgan fingerprint density at radius 1 is 1.53 bits per heavy atom. The molecule has 0 bridgehead atoms. The summed E-state index contributed by atoms with van der Waals surface area (Å²) in [6.45, 7) is 1.24. The van der Waals surface area contributed by atoms with E-state index in [0.29, 0.717) is 18.8 Å². The first-order valence-electron chi connectivity index (χ1n) is 5.63. The summed E-state index contributed by atoms with van der Waals surface area (Å²) in [6.07, 6.45) is 4.70. The van der Waals surface area contributed by atoms with Crippen LogP contribution in [0.5, 0.6) is 0 Å². The molecule has 9 nitrogen and oxygen atoms in total. The first-order chi connectivity index (χ1) is 9.17. The second-order valence-corrected chi connectivity index (χ2v) is 3.83. The molecule has 19 heavy (non-hydrogen) atoms. The molecule has 102 valence electrons. The third kappa shape index (κ3) is 3.78. The number of nitrogen functional groups attached to an aromatic ring is 1. The van der Waals surface area contributed by atoms with Gasteiger partial charge in [-0.2, -0.15) is 5.10 Å². The molecular formula is C10H15N7O2. The van der Waals surface area contributed by atoms with Crippen LogP contribution in [0.15, 0.2) is 18.7 Å². The van der Waals surface area contributed by atoms with Crippen LogP contribution in [0, 0.1) is 0 Å². The lowest BCUT2D eigenvalue weighted by molar-refractivity contribution is -0.116. The van der Waals surface area contributed by atoms with Gasteiger partial charge in [-0.15, -0.1) is 5.10 Å². The number of nitrogens with zero attached hydrogens (tertiary/aromatic N) is 5. The molecule has 0 aromatic carbocycles. The molecule has 2 rings (SSSR count). The lowest BCUT2D eigenvalue weighted by Crippen LogP contribution is -2.19. The fourth-order valence-corrected chi connectivity index (χ4v) is 1.47. The van der Waals surface area contributed by atoms with Crippen molar-refractivity contribution in [3.05, 3.63) is 18.7 Å². The van der Waals surface area contributed by atoms with Gasteiger partial charge in [-0.3, -0.25) is 9.48 Å². The minimum atomic E-state index is -0.226. The zero-order valence-corrected chi connectivity index (χ0v) is 10.5. The normalized spacial score (nSPS) is 10.6. The molecule has 2 aromatic rings. The van der Waals surface area contributed by atoms with Gasteiger partial charge in [0.05, 0.1) is 25.0 Å². The molecule has 0 saturated carbocycles. The molecule has 3 N–H and O–H groups in total.